The Morgan fingerprint density at radius 3 is 2.50 bits per heavy atom. The molecule has 2 aromatic rings. The summed E-state index contributed by atoms with van der Waals surface area (Å²) < 4.78 is 0. The maximum absolute atomic E-state index is 10.6. The van der Waals surface area contributed by atoms with Crippen LogP contribution in [0.4, 0.5) is 4.79 Å². The van der Waals surface area contributed by atoms with Crippen molar-refractivity contribution in [2.75, 3.05) is 0 Å². The molecule has 2 aromatic carbocycles. The third kappa shape index (κ3) is 4.01. The number of benzene rings is 2. The van der Waals surface area contributed by atoms with Gasteiger partial charge >= 0.3 is 6.03 Å². The number of rotatable bonds is 4. The number of primary amides is 1. The molecule has 102 valence electrons. The summed E-state index contributed by atoms with van der Waals surface area (Å²) in [4.78, 5) is 12.5. The van der Waals surface area contributed by atoms with Gasteiger partial charge in [-0.25, -0.2) is 10.2 Å². The second kappa shape index (κ2) is 6.98. The minimum Gasteiger partial charge on any atom is -0.350 e. The van der Waals surface area contributed by atoms with Crippen LogP contribution in [-0.4, -0.2) is 12.2 Å². The normalized spacial score (nSPS) is 10.7. The third-order valence-electron chi connectivity index (χ3n) is 2.35. The predicted octanol–water partition coefficient (Wildman–Crippen LogP) is 3.49. The van der Waals surface area contributed by atoms with Crippen LogP contribution in [0.1, 0.15) is 5.56 Å². The van der Waals surface area contributed by atoms with Crippen molar-refractivity contribution in [2.24, 2.45) is 10.8 Å². The number of nitrogens with zero attached hydrogens (tertiary/aromatic N) is 1. The van der Waals surface area contributed by atoms with E-state index in [-0.39, 0.29) is 0 Å². The van der Waals surface area contributed by atoms with Crippen LogP contribution in [0, 0.1) is 0 Å². The molecule has 0 saturated heterocycles. The van der Waals surface area contributed by atoms with Crippen molar-refractivity contribution in [3.8, 4) is 0 Å². The number of nitrogens with one attached hydrogen (secondary N) is 1. The van der Waals surface area contributed by atoms with Gasteiger partial charge in [0.25, 0.3) is 0 Å². The second-order valence-electron chi connectivity index (χ2n) is 3.80. The second-order valence-corrected chi connectivity index (χ2v) is 5.30. The summed E-state index contributed by atoms with van der Waals surface area (Å²) in [5, 5.41) is 4.46. The van der Waals surface area contributed by atoms with Gasteiger partial charge in [0, 0.05) is 15.4 Å². The fourth-order valence-corrected chi connectivity index (χ4v) is 2.68. The maximum atomic E-state index is 10.6. The summed E-state index contributed by atoms with van der Waals surface area (Å²) in [6.45, 7) is 0. The van der Waals surface area contributed by atoms with Gasteiger partial charge in [0.1, 0.15) is 0 Å². The van der Waals surface area contributed by atoms with E-state index < -0.39 is 6.03 Å². The van der Waals surface area contributed by atoms with Gasteiger partial charge in [0.15, 0.2) is 0 Å². The van der Waals surface area contributed by atoms with E-state index in [1.807, 2.05) is 48.5 Å². The van der Waals surface area contributed by atoms with Crippen LogP contribution in [-0.2, 0) is 0 Å². The van der Waals surface area contributed by atoms with E-state index in [4.69, 9.17) is 17.3 Å². The molecule has 0 heterocycles. The van der Waals surface area contributed by atoms with Crippen LogP contribution in [0.2, 0.25) is 5.02 Å². The van der Waals surface area contributed by atoms with Gasteiger partial charge in [-0.3, -0.25) is 0 Å². The van der Waals surface area contributed by atoms with Gasteiger partial charge in [-0.05, 0) is 18.2 Å². The fourth-order valence-electron chi connectivity index (χ4n) is 1.49. The quantitative estimate of drug-likeness (QED) is 0.670. The average Bonchev–Trinajstić information content (AvgIpc) is 2.43. The molecule has 0 aliphatic carbocycles. The van der Waals surface area contributed by atoms with Crippen molar-refractivity contribution >= 4 is 35.6 Å². The van der Waals surface area contributed by atoms with Crippen LogP contribution in [0.5, 0.6) is 0 Å². The van der Waals surface area contributed by atoms with Gasteiger partial charge in [-0.2, -0.15) is 5.10 Å². The van der Waals surface area contributed by atoms with Crippen molar-refractivity contribution in [1.29, 1.82) is 0 Å². The van der Waals surface area contributed by atoms with E-state index in [0.717, 1.165) is 15.4 Å². The Kier molecular flexibility index (Phi) is 5.03. The lowest BCUT2D eigenvalue weighted by atomic mass is 10.2. The molecule has 0 atom stereocenters. The molecule has 4 nitrogen and oxygen atoms in total. The van der Waals surface area contributed by atoms with Crippen LogP contribution in [0.15, 0.2) is 63.4 Å². The molecule has 2 amide bonds. The van der Waals surface area contributed by atoms with E-state index in [1.54, 1.807) is 6.21 Å². The van der Waals surface area contributed by atoms with E-state index in [0.29, 0.717) is 5.02 Å². The summed E-state index contributed by atoms with van der Waals surface area (Å²) in [5.74, 6) is 0. The predicted molar refractivity (Wildman–Crippen MR) is 82.3 cm³/mol. The molecular weight excluding hydrogens is 294 g/mol. The Hall–Kier alpha value is -1.98. The molecule has 0 fully saturated rings. The molecule has 3 N–H and O–H groups in total. The minimum absolute atomic E-state index is 0.694. The summed E-state index contributed by atoms with van der Waals surface area (Å²) in [7, 11) is 0. The Bertz CT molecular complexity index is 646. The van der Waals surface area contributed by atoms with Gasteiger partial charge in [0.05, 0.1) is 11.2 Å². The number of halogens is 1. The number of urea groups is 1. The monoisotopic (exact) mass is 305 g/mol. The van der Waals surface area contributed by atoms with Gasteiger partial charge in [0.2, 0.25) is 0 Å². The first-order chi connectivity index (χ1) is 9.66. The highest BCUT2D eigenvalue weighted by Gasteiger charge is 2.05. The van der Waals surface area contributed by atoms with Gasteiger partial charge < -0.3 is 5.73 Å². The molecule has 6 heteroatoms. The van der Waals surface area contributed by atoms with Crippen molar-refractivity contribution in [3.05, 3.63) is 59.1 Å². The Balaban J connectivity index is 2.22. The summed E-state index contributed by atoms with van der Waals surface area (Å²) in [6, 6.07) is 14.6. The molecule has 0 bridgehead atoms. The number of carbonyl (C=O) groups is 1. The lowest BCUT2D eigenvalue weighted by molar-refractivity contribution is 0.249. The van der Waals surface area contributed by atoms with Crippen molar-refractivity contribution in [3.63, 3.8) is 0 Å². The molecule has 2 rings (SSSR count). The minimum atomic E-state index is -0.697. The molecule has 0 aliphatic rings. The molecular formula is C14H12ClN3OS. The first kappa shape index (κ1) is 14.4. The SMILES string of the molecule is NC(=O)NN=Cc1ccccc1Sc1ccccc1Cl. The van der Waals surface area contributed by atoms with Crippen LogP contribution < -0.4 is 11.2 Å². The number of amides is 2. The number of carbonyl (C=O) groups excluding carboxylic acids is 1. The molecule has 0 aromatic heterocycles. The van der Waals surface area contributed by atoms with Crippen molar-refractivity contribution < 1.29 is 4.79 Å². The molecule has 20 heavy (non-hydrogen) atoms. The fraction of sp³-hybridized carbons (Fsp3) is 0. The standard InChI is InChI=1S/C14H12ClN3OS/c15-11-6-2-4-8-13(11)20-12-7-3-1-5-10(12)9-17-18-14(16)19/h1-9H,(H3,16,18,19). The maximum Gasteiger partial charge on any atom is 0.332 e. The molecule has 0 radical (unpaired) electrons. The average molecular weight is 306 g/mol. The first-order valence-electron chi connectivity index (χ1n) is 5.77. The van der Waals surface area contributed by atoms with E-state index in [1.165, 1.54) is 11.8 Å². The molecule has 0 unspecified atom stereocenters. The zero-order valence-corrected chi connectivity index (χ0v) is 12.0. The Morgan fingerprint density at radius 2 is 1.80 bits per heavy atom. The summed E-state index contributed by atoms with van der Waals surface area (Å²) in [5.41, 5.74) is 7.99. The lowest BCUT2D eigenvalue weighted by Gasteiger charge is -2.06. The molecule has 0 saturated carbocycles. The van der Waals surface area contributed by atoms with Crippen LogP contribution in [0.3, 0.4) is 0 Å². The molecule has 0 spiro atoms. The summed E-state index contributed by atoms with van der Waals surface area (Å²) >= 11 is 7.68. The number of hydrazone groups is 1. The summed E-state index contributed by atoms with van der Waals surface area (Å²) in [6.07, 6.45) is 1.55. The zero-order chi connectivity index (χ0) is 14.4. The van der Waals surface area contributed by atoms with Crippen LogP contribution in [0.25, 0.3) is 0 Å². The van der Waals surface area contributed by atoms with Crippen molar-refractivity contribution in [2.45, 2.75) is 9.79 Å². The highest BCUT2D eigenvalue weighted by atomic mass is 35.5. The van der Waals surface area contributed by atoms with E-state index in [9.17, 15) is 4.79 Å². The van der Waals surface area contributed by atoms with E-state index >= 15 is 0 Å². The number of hydrogen-bond donors (Lipinski definition) is 2. The van der Waals surface area contributed by atoms with Crippen molar-refractivity contribution in [1.82, 2.24) is 5.43 Å². The first-order valence-corrected chi connectivity index (χ1v) is 6.96. The highest BCUT2D eigenvalue weighted by Crippen LogP contribution is 2.34. The van der Waals surface area contributed by atoms with Gasteiger partial charge in [-0.1, -0.05) is 53.7 Å². The smallest absolute Gasteiger partial charge is 0.332 e. The Morgan fingerprint density at radius 1 is 1.15 bits per heavy atom. The third-order valence-corrected chi connectivity index (χ3v) is 3.96. The van der Waals surface area contributed by atoms with E-state index in [2.05, 4.69) is 10.5 Å². The zero-order valence-electron chi connectivity index (χ0n) is 10.4. The van der Waals surface area contributed by atoms with Crippen LogP contribution >= 0.6 is 23.4 Å². The highest BCUT2D eigenvalue weighted by molar-refractivity contribution is 7.99. The molecule has 0 aliphatic heterocycles. The lowest BCUT2D eigenvalue weighted by Crippen LogP contribution is -2.24. The van der Waals surface area contributed by atoms with Gasteiger partial charge in [-0.15, -0.1) is 0 Å². The Labute approximate surface area is 126 Å². The number of hydrogen-bond acceptors (Lipinski definition) is 3. The largest absolute Gasteiger partial charge is 0.350 e. The number of nitrogens with two attached hydrogens (primary N) is 1. The topological polar surface area (TPSA) is 67.5 Å².